The molecule has 0 atom stereocenters. The normalized spacial score (nSPS) is 14.8. The van der Waals surface area contributed by atoms with E-state index in [1.807, 2.05) is 12.3 Å². The summed E-state index contributed by atoms with van der Waals surface area (Å²) in [6.45, 7) is 0. The van der Waals surface area contributed by atoms with Gasteiger partial charge >= 0.3 is 0 Å². The number of nitrogens with zero attached hydrogens (tertiary/aromatic N) is 1. The Balaban J connectivity index is 2.25. The number of allylic oxidation sites excluding steroid dienone is 4. The Hall–Kier alpha value is -1.60. The zero-order chi connectivity index (χ0) is 12.4. The van der Waals surface area contributed by atoms with Crippen molar-refractivity contribution in [3.05, 3.63) is 59.9 Å². The fourth-order valence-electron chi connectivity index (χ4n) is 2.40. The van der Waals surface area contributed by atoms with E-state index in [1.54, 1.807) is 0 Å². The number of rotatable bonds is 2. The lowest BCUT2D eigenvalue weighted by atomic mass is 9.96. The fourth-order valence-corrected chi connectivity index (χ4v) is 2.61. The highest BCUT2D eigenvalue weighted by molar-refractivity contribution is 6.18. The van der Waals surface area contributed by atoms with Gasteiger partial charge in [-0.2, -0.15) is 0 Å². The minimum atomic E-state index is 0.454. The maximum absolute atomic E-state index is 5.95. The van der Waals surface area contributed by atoms with Crippen LogP contribution < -0.4 is 0 Å². The summed E-state index contributed by atoms with van der Waals surface area (Å²) in [4.78, 5) is 4.49. The molecule has 3 rings (SSSR count). The molecule has 0 aliphatic heterocycles. The van der Waals surface area contributed by atoms with Gasteiger partial charge in [0.05, 0.1) is 11.6 Å². The summed E-state index contributed by atoms with van der Waals surface area (Å²) in [5.74, 6) is 0.454. The van der Waals surface area contributed by atoms with Gasteiger partial charge in [-0.15, -0.1) is 11.6 Å². The summed E-state index contributed by atoms with van der Waals surface area (Å²) in [6.07, 6.45) is 10.9. The maximum Gasteiger partial charge on any atom is 0.0653 e. The van der Waals surface area contributed by atoms with Crippen LogP contribution in [0.5, 0.6) is 0 Å². The van der Waals surface area contributed by atoms with Crippen LogP contribution in [-0.4, -0.2) is 4.98 Å². The third kappa shape index (κ3) is 1.95. The van der Waals surface area contributed by atoms with Crippen LogP contribution in [0.4, 0.5) is 0 Å². The van der Waals surface area contributed by atoms with Gasteiger partial charge < -0.3 is 0 Å². The SMILES string of the molecule is ClCc1ncc(C2=CCCC=C2)c2ccccc12. The zero-order valence-electron chi connectivity index (χ0n) is 10.1. The Bertz CT molecular complexity index is 641. The van der Waals surface area contributed by atoms with E-state index < -0.39 is 0 Å². The molecule has 1 aliphatic rings. The van der Waals surface area contributed by atoms with Crippen LogP contribution in [0.25, 0.3) is 16.3 Å². The first-order valence-electron chi connectivity index (χ1n) is 6.20. The van der Waals surface area contributed by atoms with Crippen LogP contribution in [-0.2, 0) is 5.88 Å². The van der Waals surface area contributed by atoms with E-state index in [0.717, 1.165) is 23.9 Å². The van der Waals surface area contributed by atoms with Gasteiger partial charge in [0.25, 0.3) is 0 Å². The van der Waals surface area contributed by atoms with Crippen LogP contribution in [0.2, 0.25) is 0 Å². The van der Waals surface area contributed by atoms with Crippen molar-refractivity contribution in [2.24, 2.45) is 0 Å². The van der Waals surface area contributed by atoms with Crippen LogP contribution >= 0.6 is 11.6 Å². The molecule has 0 radical (unpaired) electrons. The molecule has 2 heteroatoms. The highest BCUT2D eigenvalue weighted by Gasteiger charge is 2.09. The molecule has 1 aliphatic carbocycles. The van der Waals surface area contributed by atoms with E-state index in [9.17, 15) is 0 Å². The topological polar surface area (TPSA) is 12.9 Å². The molecule has 90 valence electrons. The van der Waals surface area contributed by atoms with Crippen LogP contribution in [0, 0.1) is 0 Å². The molecule has 1 aromatic carbocycles. The highest BCUT2D eigenvalue weighted by atomic mass is 35.5. The van der Waals surface area contributed by atoms with E-state index >= 15 is 0 Å². The molecule has 0 saturated heterocycles. The van der Waals surface area contributed by atoms with Crippen molar-refractivity contribution >= 4 is 27.9 Å². The summed E-state index contributed by atoms with van der Waals surface area (Å²) in [7, 11) is 0. The third-order valence-corrected chi connectivity index (χ3v) is 3.56. The van der Waals surface area contributed by atoms with Gasteiger partial charge in [-0.1, -0.05) is 42.5 Å². The number of hydrogen-bond donors (Lipinski definition) is 0. The molecule has 2 aromatic rings. The van der Waals surface area contributed by atoms with Gasteiger partial charge in [0.1, 0.15) is 0 Å². The first-order valence-corrected chi connectivity index (χ1v) is 6.73. The molecule has 1 nitrogen and oxygen atoms in total. The Morgan fingerprint density at radius 2 is 1.94 bits per heavy atom. The van der Waals surface area contributed by atoms with Crippen LogP contribution in [0.1, 0.15) is 24.1 Å². The summed E-state index contributed by atoms with van der Waals surface area (Å²) in [6, 6.07) is 8.34. The van der Waals surface area contributed by atoms with Crippen molar-refractivity contribution in [1.82, 2.24) is 4.98 Å². The van der Waals surface area contributed by atoms with Crippen molar-refractivity contribution in [3.8, 4) is 0 Å². The van der Waals surface area contributed by atoms with E-state index in [4.69, 9.17) is 11.6 Å². The number of fused-ring (bicyclic) bond motifs is 1. The average molecular weight is 256 g/mol. The number of benzene rings is 1. The van der Waals surface area contributed by atoms with Gasteiger partial charge in [-0.05, 0) is 23.8 Å². The second-order valence-electron chi connectivity index (χ2n) is 4.44. The molecular weight excluding hydrogens is 242 g/mol. The first-order chi connectivity index (χ1) is 8.90. The highest BCUT2D eigenvalue weighted by Crippen LogP contribution is 2.29. The van der Waals surface area contributed by atoms with Crippen LogP contribution in [0.3, 0.4) is 0 Å². The standard InChI is InChI=1S/C16H14ClN/c17-10-16-14-9-5-4-8-13(14)15(11-18-16)12-6-2-1-3-7-12/h2,4-9,11H,1,3,10H2. The van der Waals surface area contributed by atoms with Crippen molar-refractivity contribution in [2.45, 2.75) is 18.7 Å². The largest absolute Gasteiger partial charge is 0.259 e. The minimum Gasteiger partial charge on any atom is -0.259 e. The Labute approximate surface area is 112 Å². The van der Waals surface area contributed by atoms with Gasteiger partial charge in [0.2, 0.25) is 0 Å². The molecule has 0 spiro atoms. The zero-order valence-corrected chi connectivity index (χ0v) is 10.8. The van der Waals surface area contributed by atoms with Crippen molar-refractivity contribution in [1.29, 1.82) is 0 Å². The molecule has 0 amide bonds. The number of hydrogen-bond acceptors (Lipinski definition) is 1. The molecule has 0 saturated carbocycles. The van der Waals surface area contributed by atoms with Gasteiger partial charge in [0, 0.05) is 17.1 Å². The Morgan fingerprint density at radius 1 is 1.11 bits per heavy atom. The van der Waals surface area contributed by atoms with Gasteiger partial charge in [-0.3, -0.25) is 4.98 Å². The smallest absolute Gasteiger partial charge is 0.0653 e. The monoisotopic (exact) mass is 255 g/mol. The number of aromatic nitrogens is 1. The molecule has 0 unspecified atom stereocenters. The number of halogens is 1. The quantitative estimate of drug-likeness (QED) is 0.709. The molecule has 0 N–H and O–H groups in total. The van der Waals surface area contributed by atoms with E-state index in [0.29, 0.717) is 5.88 Å². The lowest BCUT2D eigenvalue weighted by Gasteiger charge is -2.12. The molecular formula is C16H14ClN. The van der Waals surface area contributed by atoms with Crippen LogP contribution in [0.15, 0.2) is 48.7 Å². The summed E-state index contributed by atoms with van der Waals surface area (Å²) in [5.41, 5.74) is 3.43. The number of alkyl halides is 1. The van der Waals surface area contributed by atoms with Gasteiger partial charge in [0.15, 0.2) is 0 Å². The molecule has 0 bridgehead atoms. The first kappa shape index (κ1) is 11.5. The summed E-state index contributed by atoms with van der Waals surface area (Å²) < 4.78 is 0. The molecule has 1 heterocycles. The van der Waals surface area contributed by atoms with E-state index in [1.165, 1.54) is 16.5 Å². The fraction of sp³-hybridized carbons (Fsp3) is 0.188. The van der Waals surface area contributed by atoms with E-state index in [-0.39, 0.29) is 0 Å². The minimum absolute atomic E-state index is 0.454. The van der Waals surface area contributed by atoms with E-state index in [2.05, 4.69) is 41.4 Å². The lowest BCUT2D eigenvalue weighted by Crippen LogP contribution is -1.94. The van der Waals surface area contributed by atoms with Crippen molar-refractivity contribution < 1.29 is 0 Å². The lowest BCUT2D eigenvalue weighted by molar-refractivity contribution is 1.04. The second-order valence-corrected chi connectivity index (χ2v) is 4.70. The Morgan fingerprint density at radius 3 is 2.67 bits per heavy atom. The maximum atomic E-state index is 5.95. The molecule has 0 fully saturated rings. The third-order valence-electron chi connectivity index (χ3n) is 3.31. The van der Waals surface area contributed by atoms with Crippen molar-refractivity contribution in [3.63, 3.8) is 0 Å². The Kier molecular flexibility index (Phi) is 3.16. The predicted molar refractivity (Wildman–Crippen MR) is 77.7 cm³/mol. The average Bonchev–Trinajstić information content (AvgIpc) is 2.47. The predicted octanol–water partition coefficient (Wildman–Crippen LogP) is 4.71. The van der Waals surface area contributed by atoms with Crippen molar-refractivity contribution in [2.75, 3.05) is 0 Å². The number of pyridine rings is 1. The summed E-state index contributed by atoms with van der Waals surface area (Å²) >= 11 is 5.95. The second kappa shape index (κ2) is 4.95. The summed E-state index contributed by atoms with van der Waals surface area (Å²) in [5, 5.41) is 2.39. The molecule has 18 heavy (non-hydrogen) atoms. The van der Waals surface area contributed by atoms with Gasteiger partial charge in [-0.25, -0.2) is 0 Å². The molecule has 1 aromatic heterocycles.